The van der Waals surface area contributed by atoms with Crippen LogP contribution in [0.5, 0.6) is 5.75 Å². The van der Waals surface area contributed by atoms with E-state index in [4.69, 9.17) is 9.47 Å². The van der Waals surface area contributed by atoms with Gasteiger partial charge < -0.3 is 23.8 Å². The number of carbonyl (C=O) groups excluding carboxylic acids is 1. The second-order valence-corrected chi connectivity index (χ2v) is 7.51. The smallest absolute Gasteiger partial charge is 0.258 e. The molecule has 0 bridgehead atoms. The van der Waals surface area contributed by atoms with Crippen LogP contribution >= 0.6 is 0 Å². The Labute approximate surface area is 181 Å². The molecule has 4 rings (SSSR count). The quantitative estimate of drug-likeness (QED) is 0.633. The van der Waals surface area contributed by atoms with Crippen LogP contribution < -0.4 is 20.1 Å². The Morgan fingerprint density at radius 3 is 2.45 bits per heavy atom. The van der Waals surface area contributed by atoms with Gasteiger partial charge in [-0.3, -0.25) is 9.59 Å². The van der Waals surface area contributed by atoms with E-state index in [1.807, 2.05) is 25.1 Å². The molecule has 1 amide bonds. The molecule has 2 aromatic carbocycles. The lowest BCUT2D eigenvalue weighted by molar-refractivity contribution is 0.0993. The molecule has 3 aromatic rings. The van der Waals surface area contributed by atoms with Gasteiger partial charge in [-0.2, -0.15) is 0 Å². The SMILES string of the molecule is CCn1c(=O)cc(N2CCOCC2)c2cc(N(C)C(=O)c3ccc(OC)cc3)ccc21. The van der Waals surface area contributed by atoms with Gasteiger partial charge in [0, 0.05) is 49.4 Å². The number of morpholine rings is 1. The Kier molecular flexibility index (Phi) is 5.95. The maximum atomic E-state index is 13.0. The number of ether oxygens (including phenoxy) is 2. The molecular formula is C24H27N3O4. The Hall–Kier alpha value is -3.32. The first-order valence-electron chi connectivity index (χ1n) is 10.5. The molecule has 1 fully saturated rings. The molecule has 0 radical (unpaired) electrons. The second-order valence-electron chi connectivity index (χ2n) is 7.51. The van der Waals surface area contributed by atoms with Crippen LogP contribution in [0.25, 0.3) is 10.9 Å². The normalized spacial score (nSPS) is 14.0. The highest BCUT2D eigenvalue weighted by Gasteiger charge is 2.19. The van der Waals surface area contributed by atoms with Crippen LogP contribution in [0.4, 0.5) is 11.4 Å². The van der Waals surface area contributed by atoms with Gasteiger partial charge in [-0.15, -0.1) is 0 Å². The second kappa shape index (κ2) is 8.81. The maximum absolute atomic E-state index is 13.0. The summed E-state index contributed by atoms with van der Waals surface area (Å²) in [6.45, 7) is 5.27. The van der Waals surface area contributed by atoms with Crippen molar-refractivity contribution in [3.63, 3.8) is 0 Å². The number of hydrogen-bond donors (Lipinski definition) is 0. The minimum Gasteiger partial charge on any atom is -0.497 e. The fraction of sp³-hybridized carbons (Fsp3) is 0.333. The van der Waals surface area contributed by atoms with E-state index in [0.29, 0.717) is 31.1 Å². The first-order chi connectivity index (χ1) is 15.0. The standard InChI is InChI=1S/C24H27N3O4/c1-4-27-21-10-7-18(25(2)24(29)17-5-8-19(30-3)9-6-17)15-20(21)22(16-23(27)28)26-11-13-31-14-12-26/h5-10,15-16H,4,11-14H2,1-3H3. The third-order valence-corrected chi connectivity index (χ3v) is 5.77. The number of amides is 1. The van der Waals surface area contributed by atoms with Crippen molar-refractivity contribution in [3.8, 4) is 5.75 Å². The highest BCUT2D eigenvalue weighted by molar-refractivity contribution is 6.07. The van der Waals surface area contributed by atoms with Crippen LogP contribution in [0.1, 0.15) is 17.3 Å². The van der Waals surface area contributed by atoms with Crippen LogP contribution in [0.3, 0.4) is 0 Å². The van der Waals surface area contributed by atoms with E-state index in [9.17, 15) is 9.59 Å². The van der Waals surface area contributed by atoms with Crippen molar-refractivity contribution in [1.29, 1.82) is 0 Å². The van der Waals surface area contributed by atoms with Gasteiger partial charge in [0.25, 0.3) is 11.5 Å². The average Bonchev–Trinajstić information content (AvgIpc) is 2.83. The number of hydrogen-bond acceptors (Lipinski definition) is 5. The molecular weight excluding hydrogens is 394 g/mol. The van der Waals surface area contributed by atoms with Crippen LogP contribution in [0, 0.1) is 0 Å². The number of methoxy groups -OCH3 is 1. The molecule has 0 N–H and O–H groups in total. The summed E-state index contributed by atoms with van der Waals surface area (Å²) in [5.74, 6) is 0.594. The average molecular weight is 421 g/mol. The van der Waals surface area contributed by atoms with Gasteiger partial charge >= 0.3 is 0 Å². The summed E-state index contributed by atoms with van der Waals surface area (Å²) in [6, 6.07) is 14.6. The monoisotopic (exact) mass is 421 g/mol. The van der Waals surface area contributed by atoms with Crippen LogP contribution in [-0.4, -0.2) is 50.9 Å². The molecule has 1 aliphatic rings. The number of aromatic nitrogens is 1. The Morgan fingerprint density at radius 1 is 1.10 bits per heavy atom. The maximum Gasteiger partial charge on any atom is 0.258 e. The molecule has 2 heterocycles. The lowest BCUT2D eigenvalue weighted by atomic mass is 10.1. The molecule has 0 aliphatic carbocycles. The minimum atomic E-state index is -0.112. The molecule has 0 unspecified atom stereocenters. The topological polar surface area (TPSA) is 64.0 Å². The Balaban J connectivity index is 1.77. The third-order valence-electron chi connectivity index (χ3n) is 5.77. The molecule has 0 saturated carbocycles. The summed E-state index contributed by atoms with van der Waals surface area (Å²) < 4.78 is 12.4. The van der Waals surface area contributed by atoms with Gasteiger partial charge in [0.1, 0.15) is 5.75 Å². The highest BCUT2D eigenvalue weighted by Crippen LogP contribution is 2.30. The van der Waals surface area contributed by atoms with Crippen molar-refractivity contribution in [2.24, 2.45) is 0 Å². The third kappa shape index (κ3) is 4.01. The molecule has 0 spiro atoms. The van der Waals surface area contributed by atoms with Gasteiger partial charge in [0.15, 0.2) is 0 Å². The fourth-order valence-corrected chi connectivity index (χ4v) is 4.00. The van der Waals surface area contributed by atoms with Gasteiger partial charge in [-0.1, -0.05) is 0 Å². The van der Waals surface area contributed by atoms with Crippen LogP contribution in [0.15, 0.2) is 53.3 Å². The predicted octanol–water partition coefficient (Wildman–Crippen LogP) is 3.14. The summed E-state index contributed by atoms with van der Waals surface area (Å²) in [6.07, 6.45) is 0. The van der Waals surface area contributed by atoms with Gasteiger partial charge in [-0.05, 0) is 49.4 Å². The predicted molar refractivity (Wildman–Crippen MR) is 123 cm³/mol. The number of aryl methyl sites for hydroxylation is 1. The van der Waals surface area contributed by atoms with Gasteiger partial charge in [0.05, 0.1) is 31.5 Å². The summed E-state index contributed by atoms with van der Waals surface area (Å²) in [7, 11) is 3.36. The van der Waals surface area contributed by atoms with Crippen molar-refractivity contribution in [2.45, 2.75) is 13.5 Å². The fourth-order valence-electron chi connectivity index (χ4n) is 4.00. The molecule has 1 aliphatic heterocycles. The van der Waals surface area contributed by atoms with E-state index < -0.39 is 0 Å². The Bertz CT molecular complexity index is 1150. The van der Waals surface area contributed by atoms with Crippen molar-refractivity contribution >= 4 is 28.2 Å². The van der Waals surface area contributed by atoms with Crippen LogP contribution in [0.2, 0.25) is 0 Å². The molecule has 7 heteroatoms. The van der Waals surface area contributed by atoms with E-state index in [-0.39, 0.29) is 11.5 Å². The van der Waals surface area contributed by atoms with E-state index in [1.54, 1.807) is 54.0 Å². The van der Waals surface area contributed by atoms with Crippen molar-refractivity contribution in [1.82, 2.24) is 4.57 Å². The van der Waals surface area contributed by atoms with Gasteiger partial charge in [-0.25, -0.2) is 0 Å². The number of pyridine rings is 1. The summed E-state index contributed by atoms with van der Waals surface area (Å²) in [4.78, 5) is 29.6. The lowest BCUT2D eigenvalue weighted by Crippen LogP contribution is -2.37. The highest BCUT2D eigenvalue weighted by atomic mass is 16.5. The number of nitrogens with zero attached hydrogens (tertiary/aromatic N) is 3. The summed E-state index contributed by atoms with van der Waals surface area (Å²) in [5, 5.41) is 0.954. The zero-order valence-electron chi connectivity index (χ0n) is 18.1. The molecule has 7 nitrogen and oxygen atoms in total. The van der Waals surface area contributed by atoms with E-state index >= 15 is 0 Å². The molecule has 1 saturated heterocycles. The Morgan fingerprint density at radius 2 is 1.81 bits per heavy atom. The van der Waals surface area contributed by atoms with E-state index in [0.717, 1.165) is 35.4 Å². The van der Waals surface area contributed by atoms with E-state index in [2.05, 4.69) is 4.90 Å². The number of rotatable bonds is 5. The molecule has 0 atom stereocenters. The van der Waals surface area contributed by atoms with E-state index in [1.165, 1.54) is 0 Å². The van der Waals surface area contributed by atoms with Crippen molar-refractivity contribution in [2.75, 3.05) is 50.3 Å². The summed E-state index contributed by atoms with van der Waals surface area (Å²) in [5.41, 5.74) is 3.08. The number of fused-ring (bicyclic) bond motifs is 1. The van der Waals surface area contributed by atoms with Crippen molar-refractivity contribution in [3.05, 3.63) is 64.4 Å². The minimum absolute atomic E-state index is 0.0214. The zero-order valence-corrected chi connectivity index (χ0v) is 18.1. The van der Waals surface area contributed by atoms with Crippen LogP contribution in [-0.2, 0) is 11.3 Å². The summed E-state index contributed by atoms with van der Waals surface area (Å²) >= 11 is 0. The van der Waals surface area contributed by atoms with Crippen molar-refractivity contribution < 1.29 is 14.3 Å². The molecule has 162 valence electrons. The molecule has 1 aromatic heterocycles. The number of carbonyl (C=O) groups is 1. The first kappa shape index (κ1) is 20.9. The van der Waals surface area contributed by atoms with Gasteiger partial charge in [0.2, 0.25) is 0 Å². The lowest BCUT2D eigenvalue weighted by Gasteiger charge is -2.30. The molecule has 31 heavy (non-hydrogen) atoms. The largest absolute Gasteiger partial charge is 0.497 e. The number of anilines is 2. The first-order valence-corrected chi connectivity index (χ1v) is 10.5. The zero-order chi connectivity index (χ0) is 22.0. The number of benzene rings is 2.